The number of esters is 1. The van der Waals surface area contributed by atoms with Crippen LogP contribution in [0.3, 0.4) is 0 Å². The number of aromatic nitrogens is 3. The van der Waals surface area contributed by atoms with Crippen molar-refractivity contribution < 1.29 is 9.53 Å². The second kappa shape index (κ2) is 6.17. The van der Waals surface area contributed by atoms with E-state index in [9.17, 15) is 4.79 Å². The molecule has 0 bridgehead atoms. The topological polar surface area (TPSA) is 57.0 Å². The van der Waals surface area contributed by atoms with Crippen LogP contribution in [0.4, 0.5) is 0 Å². The second-order valence-corrected chi connectivity index (χ2v) is 7.13. The Morgan fingerprint density at radius 1 is 1.17 bits per heavy atom. The van der Waals surface area contributed by atoms with E-state index in [1.807, 2.05) is 52.4 Å². The summed E-state index contributed by atoms with van der Waals surface area (Å²) < 4.78 is 7.05. The highest BCUT2D eigenvalue weighted by molar-refractivity contribution is 8.00. The van der Waals surface area contributed by atoms with Crippen molar-refractivity contribution in [1.82, 2.24) is 14.8 Å². The van der Waals surface area contributed by atoms with Crippen LogP contribution in [0, 0.1) is 0 Å². The minimum absolute atomic E-state index is 0.171. The smallest absolute Gasteiger partial charge is 0.319 e. The highest BCUT2D eigenvalue weighted by Gasteiger charge is 2.30. The fourth-order valence-corrected chi connectivity index (χ4v) is 4.15. The van der Waals surface area contributed by atoms with E-state index in [0.717, 1.165) is 16.4 Å². The number of nitrogens with zero attached hydrogens (tertiary/aromatic N) is 3. The van der Waals surface area contributed by atoms with Gasteiger partial charge in [0.15, 0.2) is 11.0 Å². The molecule has 1 atom stereocenters. The number of hydrogen-bond donors (Lipinski definition) is 0. The Bertz CT molecular complexity index is 815. The molecule has 116 valence electrons. The van der Waals surface area contributed by atoms with Gasteiger partial charge in [0.25, 0.3) is 0 Å². The summed E-state index contributed by atoms with van der Waals surface area (Å²) >= 11 is 3.04. The van der Waals surface area contributed by atoms with Gasteiger partial charge < -0.3 is 4.74 Å². The van der Waals surface area contributed by atoms with Crippen molar-refractivity contribution >= 4 is 29.1 Å². The van der Waals surface area contributed by atoms with Gasteiger partial charge in [0, 0.05) is 12.1 Å². The summed E-state index contributed by atoms with van der Waals surface area (Å²) in [4.78, 5) is 12.8. The van der Waals surface area contributed by atoms with E-state index < -0.39 is 0 Å². The molecular weight excluding hydrogens is 330 g/mol. The third-order valence-electron chi connectivity index (χ3n) is 3.52. The minimum Gasteiger partial charge on any atom is -0.465 e. The van der Waals surface area contributed by atoms with Crippen molar-refractivity contribution in [2.45, 2.75) is 16.8 Å². The molecule has 0 unspecified atom stereocenters. The van der Waals surface area contributed by atoms with E-state index in [1.165, 1.54) is 11.8 Å². The number of rotatable bonds is 4. The Balaban J connectivity index is 1.78. The van der Waals surface area contributed by atoms with Crippen LogP contribution in [-0.2, 0) is 9.53 Å². The molecule has 7 heteroatoms. The monoisotopic (exact) mass is 343 g/mol. The summed E-state index contributed by atoms with van der Waals surface area (Å²) in [6.07, 6.45) is 0.708. The van der Waals surface area contributed by atoms with Gasteiger partial charge in [0.2, 0.25) is 0 Å². The fourth-order valence-electron chi connectivity index (χ4n) is 2.43. The predicted octanol–water partition coefficient (Wildman–Crippen LogP) is 3.40. The van der Waals surface area contributed by atoms with Crippen molar-refractivity contribution in [3.8, 4) is 16.4 Å². The Labute approximate surface area is 141 Å². The second-order valence-electron chi connectivity index (χ2n) is 5.02. The number of hydrogen-bond acceptors (Lipinski definition) is 6. The normalized spacial score (nSPS) is 17.4. The molecule has 3 aromatic rings. The molecule has 0 radical (unpaired) electrons. The van der Waals surface area contributed by atoms with Gasteiger partial charge in [-0.25, -0.2) is 0 Å². The van der Waals surface area contributed by atoms with Gasteiger partial charge in [-0.1, -0.05) is 36.0 Å². The van der Waals surface area contributed by atoms with Gasteiger partial charge in [-0.05, 0) is 23.6 Å². The van der Waals surface area contributed by atoms with E-state index in [0.29, 0.717) is 18.2 Å². The molecule has 0 amide bonds. The molecule has 5 nitrogen and oxygen atoms in total. The lowest BCUT2D eigenvalue weighted by molar-refractivity contribution is -0.137. The van der Waals surface area contributed by atoms with Crippen LogP contribution >= 0.6 is 23.1 Å². The van der Waals surface area contributed by atoms with Crippen LogP contribution in [0.1, 0.15) is 6.42 Å². The van der Waals surface area contributed by atoms with Gasteiger partial charge in [-0.15, -0.1) is 21.5 Å². The molecule has 1 fully saturated rings. The maximum atomic E-state index is 11.8. The Morgan fingerprint density at radius 2 is 2.04 bits per heavy atom. The summed E-state index contributed by atoms with van der Waals surface area (Å²) in [5.74, 6) is 0.621. The van der Waals surface area contributed by atoms with Gasteiger partial charge in [-0.3, -0.25) is 9.36 Å². The van der Waals surface area contributed by atoms with Gasteiger partial charge in [-0.2, -0.15) is 0 Å². The third-order valence-corrected chi connectivity index (χ3v) is 5.58. The average Bonchev–Trinajstić information content (AvgIpc) is 3.30. The summed E-state index contributed by atoms with van der Waals surface area (Å²) in [7, 11) is 0. The van der Waals surface area contributed by atoms with Crippen LogP contribution in [0.25, 0.3) is 16.4 Å². The van der Waals surface area contributed by atoms with Gasteiger partial charge in [0.05, 0.1) is 11.5 Å². The third kappa shape index (κ3) is 2.77. The van der Waals surface area contributed by atoms with Crippen molar-refractivity contribution in [1.29, 1.82) is 0 Å². The molecule has 0 aliphatic carbocycles. The first-order valence-electron chi connectivity index (χ1n) is 7.21. The van der Waals surface area contributed by atoms with Crippen molar-refractivity contribution in [2.24, 2.45) is 0 Å². The van der Waals surface area contributed by atoms with E-state index in [2.05, 4.69) is 10.2 Å². The van der Waals surface area contributed by atoms with Crippen molar-refractivity contribution in [3.05, 3.63) is 47.8 Å². The highest BCUT2D eigenvalue weighted by atomic mass is 32.2. The lowest BCUT2D eigenvalue weighted by atomic mass is 10.3. The molecule has 1 aliphatic heterocycles. The molecule has 0 N–H and O–H groups in total. The Kier molecular flexibility index (Phi) is 3.88. The number of thiophene rings is 1. The Hall–Kier alpha value is -2.12. The molecular formula is C16H13N3O2S2. The maximum absolute atomic E-state index is 11.8. The van der Waals surface area contributed by atoms with Crippen LogP contribution < -0.4 is 0 Å². The lowest BCUT2D eigenvalue weighted by Gasteiger charge is -2.10. The number of benzene rings is 1. The number of para-hydroxylation sites is 1. The number of carbonyl (C=O) groups is 1. The molecule has 0 spiro atoms. The zero-order valence-corrected chi connectivity index (χ0v) is 13.7. The van der Waals surface area contributed by atoms with Crippen molar-refractivity contribution in [2.75, 3.05) is 6.61 Å². The first-order chi connectivity index (χ1) is 11.3. The largest absolute Gasteiger partial charge is 0.465 e. The summed E-state index contributed by atoms with van der Waals surface area (Å²) in [5.41, 5.74) is 0.981. The fraction of sp³-hybridized carbons (Fsp3) is 0.188. The zero-order valence-electron chi connectivity index (χ0n) is 12.1. The minimum atomic E-state index is -0.210. The zero-order chi connectivity index (χ0) is 15.6. The molecule has 3 heterocycles. The molecule has 4 rings (SSSR count). The Morgan fingerprint density at radius 3 is 2.74 bits per heavy atom. The first-order valence-corrected chi connectivity index (χ1v) is 8.97. The van der Waals surface area contributed by atoms with E-state index in [1.54, 1.807) is 11.3 Å². The number of thioether (sulfide) groups is 1. The number of ether oxygens (including phenoxy) is 1. The van der Waals surface area contributed by atoms with Crippen molar-refractivity contribution in [3.63, 3.8) is 0 Å². The molecule has 23 heavy (non-hydrogen) atoms. The molecule has 1 aromatic carbocycles. The van der Waals surface area contributed by atoms with E-state index in [-0.39, 0.29) is 11.2 Å². The SMILES string of the molecule is O=C1OCC[C@H]1Sc1nnc(-c2cccs2)n1-c1ccccc1. The predicted molar refractivity (Wildman–Crippen MR) is 89.9 cm³/mol. The maximum Gasteiger partial charge on any atom is 0.319 e. The summed E-state index contributed by atoms with van der Waals surface area (Å²) in [5, 5.41) is 11.2. The quantitative estimate of drug-likeness (QED) is 0.680. The summed E-state index contributed by atoms with van der Waals surface area (Å²) in [6.45, 7) is 0.480. The van der Waals surface area contributed by atoms with Crippen LogP contribution in [-0.4, -0.2) is 32.6 Å². The highest BCUT2D eigenvalue weighted by Crippen LogP contribution is 2.34. The van der Waals surface area contributed by atoms with Gasteiger partial charge in [0.1, 0.15) is 5.25 Å². The van der Waals surface area contributed by atoms with Crippen LogP contribution in [0.15, 0.2) is 53.0 Å². The molecule has 2 aromatic heterocycles. The van der Waals surface area contributed by atoms with Gasteiger partial charge >= 0.3 is 5.97 Å². The number of cyclic esters (lactones) is 1. The lowest BCUT2D eigenvalue weighted by Crippen LogP contribution is -2.11. The standard InChI is InChI=1S/C16H13N3O2S2/c20-15-13(8-9-21-15)23-16-18-17-14(12-7-4-10-22-12)19(16)11-5-2-1-3-6-11/h1-7,10,13H,8-9H2/t13-/m1/s1. The number of carbonyl (C=O) groups excluding carboxylic acids is 1. The van der Waals surface area contributed by atoms with Crippen LogP contribution in [0.2, 0.25) is 0 Å². The summed E-state index contributed by atoms with van der Waals surface area (Å²) in [6, 6.07) is 14.0. The van der Waals surface area contributed by atoms with E-state index in [4.69, 9.17) is 4.74 Å². The molecule has 1 saturated heterocycles. The van der Waals surface area contributed by atoms with E-state index >= 15 is 0 Å². The van der Waals surface area contributed by atoms with Crippen LogP contribution in [0.5, 0.6) is 0 Å². The average molecular weight is 343 g/mol. The first kappa shape index (κ1) is 14.5. The molecule has 0 saturated carbocycles. The molecule has 1 aliphatic rings.